The number of epoxide rings is 1. The Morgan fingerprint density at radius 2 is 1.64 bits per heavy atom. The van der Waals surface area contributed by atoms with Gasteiger partial charge in [0.05, 0.1) is 6.07 Å². The number of nitrogens with zero attached hydrogens (tertiary/aromatic N) is 1. The lowest BCUT2D eigenvalue weighted by atomic mass is 9.68. The average Bonchev–Trinajstić information content (AvgIpc) is 2.72. The summed E-state index contributed by atoms with van der Waals surface area (Å²) in [6.45, 7) is 0. The molecule has 0 amide bonds. The van der Waals surface area contributed by atoms with Crippen molar-refractivity contribution in [1.82, 2.24) is 0 Å². The second-order valence-corrected chi connectivity index (χ2v) is 5.40. The molecule has 3 rings (SSSR count). The number of hydrogen-bond donors (Lipinski definition) is 0. The molecule has 14 heavy (non-hydrogen) atoms. The summed E-state index contributed by atoms with van der Waals surface area (Å²) in [5, 5.41) is 8.81. The maximum atomic E-state index is 8.81. The van der Waals surface area contributed by atoms with E-state index in [1.54, 1.807) is 0 Å². The van der Waals surface area contributed by atoms with Gasteiger partial charge in [0.2, 0.25) is 0 Å². The van der Waals surface area contributed by atoms with Crippen molar-refractivity contribution in [3.63, 3.8) is 0 Å². The van der Waals surface area contributed by atoms with Crippen LogP contribution in [-0.4, -0.2) is 11.7 Å². The van der Waals surface area contributed by atoms with Gasteiger partial charge in [-0.25, -0.2) is 0 Å². The Kier molecular flexibility index (Phi) is 1.70. The van der Waals surface area contributed by atoms with Crippen molar-refractivity contribution < 1.29 is 4.74 Å². The van der Waals surface area contributed by atoms with Gasteiger partial charge in [-0.3, -0.25) is 0 Å². The lowest BCUT2D eigenvalue weighted by Gasteiger charge is -2.36. The normalized spacial score (nSPS) is 37.2. The third kappa shape index (κ3) is 1.12. The van der Waals surface area contributed by atoms with Crippen molar-refractivity contribution in [2.45, 2.75) is 63.1 Å². The van der Waals surface area contributed by atoms with E-state index in [2.05, 4.69) is 6.07 Å². The highest BCUT2D eigenvalue weighted by Gasteiger charge is 2.60. The molecule has 2 heteroatoms. The first-order chi connectivity index (χ1) is 6.79. The minimum atomic E-state index is -0.0683. The molecule has 0 aromatic carbocycles. The van der Waals surface area contributed by atoms with Crippen molar-refractivity contribution in [2.75, 3.05) is 0 Å². The molecule has 0 aromatic rings. The molecule has 2 aliphatic carbocycles. The number of rotatable bonds is 0. The Morgan fingerprint density at radius 1 is 1.00 bits per heavy atom. The van der Waals surface area contributed by atoms with Gasteiger partial charge in [0.25, 0.3) is 0 Å². The summed E-state index contributed by atoms with van der Waals surface area (Å²) >= 11 is 0. The average molecular weight is 191 g/mol. The van der Waals surface area contributed by atoms with Gasteiger partial charge in [-0.1, -0.05) is 12.8 Å². The SMILES string of the molecule is N#CC1OC12CCC1(CCCC1)CC2. The van der Waals surface area contributed by atoms with Gasteiger partial charge in [-0.2, -0.15) is 5.26 Å². The Bertz CT molecular complexity index is 275. The molecule has 1 atom stereocenters. The van der Waals surface area contributed by atoms with Gasteiger partial charge in [-0.05, 0) is 43.9 Å². The summed E-state index contributed by atoms with van der Waals surface area (Å²) in [5.41, 5.74) is 0.680. The Morgan fingerprint density at radius 3 is 2.14 bits per heavy atom. The highest BCUT2D eigenvalue weighted by molar-refractivity contribution is 5.16. The fourth-order valence-corrected chi connectivity index (χ4v) is 3.55. The van der Waals surface area contributed by atoms with Gasteiger partial charge in [0.15, 0.2) is 6.10 Å². The molecule has 3 aliphatic rings. The molecule has 76 valence electrons. The van der Waals surface area contributed by atoms with Crippen LogP contribution in [0, 0.1) is 16.7 Å². The fourth-order valence-electron chi connectivity index (χ4n) is 3.55. The van der Waals surface area contributed by atoms with E-state index in [0.29, 0.717) is 5.41 Å². The predicted octanol–water partition coefficient (Wildman–Crippen LogP) is 2.78. The van der Waals surface area contributed by atoms with E-state index in [0.717, 1.165) is 12.8 Å². The fraction of sp³-hybridized carbons (Fsp3) is 0.917. The van der Waals surface area contributed by atoms with E-state index in [9.17, 15) is 0 Å². The van der Waals surface area contributed by atoms with Crippen LogP contribution in [-0.2, 0) is 4.74 Å². The maximum Gasteiger partial charge on any atom is 0.173 e. The van der Waals surface area contributed by atoms with E-state index < -0.39 is 0 Å². The van der Waals surface area contributed by atoms with E-state index in [1.807, 2.05) is 0 Å². The van der Waals surface area contributed by atoms with Crippen LogP contribution in [0.15, 0.2) is 0 Å². The molecular weight excluding hydrogens is 174 g/mol. The zero-order chi connectivity index (χ0) is 9.65. The number of ether oxygens (including phenoxy) is 1. The minimum absolute atomic E-state index is 0.0165. The van der Waals surface area contributed by atoms with Gasteiger partial charge in [0, 0.05) is 0 Å². The largest absolute Gasteiger partial charge is 0.350 e. The second kappa shape index (κ2) is 2.73. The van der Waals surface area contributed by atoms with Crippen molar-refractivity contribution >= 4 is 0 Å². The van der Waals surface area contributed by atoms with Gasteiger partial charge >= 0.3 is 0 Å². The molecular formula is C12H17NO. The molecule has 1 saturated heterocycles. The van der Waals surface area contributed by atoms with Crippen LogP contribution in [0.1, 0.15) is 51.4 Å². The molecule has 0 N–H and O–H groups in total. The molecule has 0 bridgehead atoms. The lowest BCUT2D eigenvalue weighted by Crippen LogP contribution is -2.30. The zero-order valence-electron chi connectivity index (χ0n) is 8.59. The summed E-state index contributed by atoms with van der Waals surface area (Å²) in [5.74, 6) is 0. The lowest BCUT2D eigenvalue weighted by molar-refractivity contribution is 0.123. The first-order valence-corrected chi connectivity index (χ1v) is 5.86. The van der Waals surface area contributed by atoms with E-state index in [1.165, 1.54) is 38.5 Å². The van der Waals surface area contributed by atoms with Gasteiger partial charge < -0.3 is 4.74 Å². The monoisotopic (exact) mass is 191 g/mol. The molecule has 0 radical (unpaired) electrons. The van der Waals surface area contributed by atoms with Crippen molar-refractivity contribution in [2.24, 2.45) is 5.41 Å². The van der Waals surface area contributed by atoms with E-state index in [-0.39, 0.29) is 11.7 Å². The summed E-state index contributed by atoms with van der Waals surface area (Å²) in [4.78, 5) is 0. The highest BCUT2D eigenvalue weighted by atomic mass is 16.6. The third-order valence-corrected chi connectivity index (χ3v) is 4.71. The van der Waals surface area contributed by atoms with Crippen LogP contribution < -0.4 is 0 Å². The Balaban J connectivity index is 1.66. The molecule has 2 nitrogen and oxygen atoms in total. The molecule has 1 heterocycles. The van der Waals surface area contributed by atoms with Crippen molar-refractivity contribution in [3.05, 3.63) is 0 Å². The quantitative estimate of drug-likeness (QED) is 0.552. The van der Waals surface area contributed by atoms with Crippen LogP contribution in [0.25, 0.3) is 0 Å². The molecule has 1 aliphatic heterocycles. The maximum absolute atomic E-state index is 8.81. The second-order valence-electron chi connectivity index (χ2n) is 5.40. The van der Waals surface area contributed by atoms with E-state index >= 15 is 0 Å². The standard InChI is InChI=1S/C12H17NO/c13-9-10-12(14-10)7-5-11(6-8-12)3-1-2-4-11/h10H,1-8H2. The molecule has 2 saturated carbocycles. The summed E-state index contributed by atoms with van der Waals surface area (Å²) < 4.78 is 5.54. The van der Waals surface area contributed by atoms with Crippen LogP contribution >= 0.6 is 0 Å². The molecule has 1 unspecified atom stereocenters. The van der Waals surface area contributed by atoms with Crippen LogP contribution in [0.2, 0.25) is 0 Å². The highest BCUT2D eigenvalue weighted by Crippen LogP contribution is 2.57. The first-order valence-electron chi connectivity index (χ1n) is 5.86. The number of nitriles is 1. The van der Waals surface area contributed by atoms with Crippen LogP contribution in [0.3, 0.4) is 0 Å². The summed E-state index contributed by atoms with van der Waals surface area (Å²) in [6, 6.07) is 2.26. The van der Waals surface area contributed by atoms with Gasteiger partial charge in [0.1, 0.15) is 5.60 Å². The molecule has 0 aromatic heterocycles. The molecule has 3 fully saturated rings. The molecule has 2 spiro atoms. The first kappa shape index (κ1) is 8.73. The van der Waals surface area contributed by atoms with E-state index in [4.69, 9.17) is 10.00 Å². The number of hydrogen-bond acceptors (Lipinski definition) is 2. The predicted molar refractivity (Wildman–Crippen MR) is 52.6 cm³/mol. The van der Waals surface area contributed by atoms with Crippen LogP contribution in [0.5, 0.6) is 0 Å². The zero-order valence-corrected chi connectivity index (χ0v) is 8.59. The Hall–Kier alpha value is -0.550. The topological polar surface area (TPSA) is 36.3 Å². The third-order valence-electron chi connectivity index (χ3n) is 4.71. The van der Waals surface area contributed by atoms with Crippen molar-refractivity contribution in [1.29, 1.82) is 5.26 Å². The van der Waals surface area contributed by atoms with Gasteiger partial charge in [-0.15, -0.1) is 0 Å². The smallest absolute Gasteiger partial charge is 0.173 e. The Labute approximate surface area is 85.2 Å². The summed E-state index contributed by atoms with van der Waals surface area (Å²) in [6.07, 6.45) is 10.6. The summed E-state index contributed by atoms with van der Waals surface area (Å²) in [7, 11) is 0. The van der Waals surface area contributed by atoms with Crippen molar-refractivity contribution in [3.8, 4) is 6.07 Å². The minimum Gasteiger partial charge on any atom is -0.350 e. The van der Waals surface area contributed by atoms with Crippen LogP contribution in [0.4, 0.5) is 0 Å².